The molecule has 0 aliphatic heterocycles. The molecule has 0 heterocycles. The third-order valence-electron chi connectivity index (χ3n) is 9.13. The second kappa shape index (κ2) is 36.0. The molecule has 0 aromatic rings. The van der Waals surface area contributed by atoms with Crippen LogP contribution in [0.2, 0.25) is 0 Å². The number of nitrogens with zero attached hydrogens (tertiary/aromatic N) is 1. The van der Waals surface area contributed by atoms with E-state index in [1.165, 1.54) is 64.2 Å². The number of hydrogen-bond donors (Lipinski definition) is 4. The molecule has 0 aliphatic rings. The zero-order valence-electron chi connectivity index (χ0n) is 35.8. The lowest BCUT2D eigenvalue weighted by molar-refractivity contribution is -0.870. The Morgan fingerprint density at radius 1 is 0.732 bits per heavy atom. The fourth-order valence-corrected chi connectivity index (χ4v) is 6.38. The standard InChI is InChI=1S/C45H81N2O8P/c1-6-8-10-11-12-13-14-15-16-17-21-24-30-36-44(50)43(40-55-56(52,53)54-39-38-47(3,4)5)46-45(51)37-31-25-29-35-42(49)34-28-23-20-18-19-22-27-33-41(48)32-26-9-7-2/h9,19-20,22-23,26-29,33-35,41-44,48-50H,6-8,10-18,21,24-25,30-32,36-40H2,1-5H3,(H-,46,51,52,53)/b22-19-,23-20-,26-9-,33-27+,34-28+,35-29-/t41-,42-,43-,44+/m0/s1. The van der Waals surface area contributed by atoms with Crippen LogP contribution in [-0.2, 0) is 18.4 Å². The van der Waals surface area contributed by atoms with Crippen molar-refractivity contribution in [3.05, 3.63) is 72.9 Å². The van der Waals surface area contributed by atoms with Crippen molar-refractivity contribution in [1.29, 1.82) is 0 Å². The highest BCUT2D eigenvalue weighted by molar-refractivity contribution is 7.45. The lowest BCUT2D eigenvalue weighted by atomic mass is 10.0. The molecule has 1 unspecified atom stereocenters. The number of rotatable bonds is 37. The maximum Gasteiger partial charge on any atom is 0.268 e. The first-order chi connectivity index (χ1) is 26.8. The zero-order chi connectivity index (χ0) is 41.8. The number of aliphatic hydroxyl groups is 3. The predicted octanol–water partition coefficient (Wildman–Crippen LogP) is 8.94. The molecule has 0 saturated carbocycles. The summed E-state index contributed by atoms with van der Waals surface area (Å²) in [6, 6.07) is -0.891. The minimum Gasteiger partial charge on any atom is -0.756 e. The fourth-order valence-electron chi connectivity index (χ4n) is 5.66. The largest absolute Gasteiger partial charge is 0.756 e. The molecule has 324 valence electrons. The lowest BCUT2D eigenvalue weighted by Gasteiger charge is -2.30. The maximum atomic E-state index is 12.8. The molecule has 0 aromatic carbocycles. The average Bonchev–Trinajstić information content (AvgIpc) is 3.13. The summed E-state index contributed by atoms with van der Waals surface area (Å²) in [5.74, 6) is -0.307. The second-order valence-electron chi connectivity index (χ2n) is 15.7. The van der Waals surface area contributed by atoms with Gasteiger partial charge in [-0.05, 0) is 38.5 Å². The number of carbonyl (C=O) groups excluding carboxylic acids is 1. The third-order valence-corrected chi connectivity index (χ3v) is 10.1. The summed E-state index contributed by atoms with van der Waals surface area (Å²) in [6.45, 7) is 4.34. The molecule has 0 spiro atoms. The number of amides is 1. The van der Waals surface area contributed by atoms with E-state index in [9.17, 15) is 29.6 Å². The highest BCUT2D eigenvalue weighted by Crippen LogP contribution is 2.38. The molecule has 4 N–H and O–H groups in total. The van der Waals surface area contributed by atoms with Crippen molar-refractivity contribution in [2.24, 2.45) is 0 Å². The van der Waals surface area contributed by atoms with Crippen molar-refractivity contribution in [3.63, 3.8) is 0 Å². The van der Waals surface area contributed by atoms with E-state index >= 15 is 0 Å². The smallest absolute Gasteiger partial charge is 0.268 e. The number of carbonyl (C=O) groups is 1. The van der Waals surface area contributed by atoms with E-state index in [4.69, 9.17) is 9.05 Å². The summed E-state index contributed by atoms with van der Waals surface area (Å²) in [7, 11) is 1.16. The fraction of sp³-hybridized carbons (Fsp3) is 0.711. The molecule has 0 saturated heterocycles. The van der Waals surface area contributed by atoms with E-state index in [2.05, 4.69) is 19.2 Å². The van der Waals surface area contributed by atoms with Crippen molar-refractivity contribution in [3.8, 4) is 0 Å². The summed E-state index contributed by atoms with van der Waals surface area (Å²) in [5.41, 5.74) is 0. The quantitative estimate of drug-likeness (QED) is 0.0160. The molecule has 5 atom stereocenters. The first-order valence-corrected chi connectivity index (χ1v) is 23.0. The van der Waals surface area contributed by atoms with Crippen LogP contribution in [0.5, 0.6) is 0 Å². The summed E-state index contributed by atoms with van der Waals surface area (Å²) >= 11 is 0. The number of likely N-dealkylation sites (N-methyl/N-ethyl adjacent to an activating group) is 1. The number of aliphatic hydroxyl groups excluding tert-OH is 3. The van der Waals surface area contributed by atoms with Crippen molar-refractivity contribution in [1.82, 2.24) is 5.32 Å². The van der Waals surface area contributed by atoms with Crippen molar-refractivity contribution < 1.29 is 43.1 Å². The summed E-state index contributed by atoms with van der Waals surface area (Å²) in [6.07, 6.45) is 39.7. The number of unbranched alkanes of at least 4 members (excludes halogenated alkanes) is 13. The Hall–Kier alpha value is -2.14. The maximum absolute atomic E-state index is 12.8. The molecule has 10 nitrogen and oxygen atoms in total. The van der Waals surface area contributed by atoms with Gasteiger partial charge in [0.05, 0.1) is 52.1 Å². The summed E-state index contributed by atoms with van der Waals surface area (Å²) < 4.78 is 23.1. The van der Waals surface area contributed by atoms with Crippen LogP contribution in [0.1, 0.15) is 142 Å². The number of hydrogen-bond acceptors (Lipinski definition) is 8. The van der Waals surface area contributed by atoms with Crippen LogP contribution in [0, 0.1) is 0 Å². The predicted molar refractivity (Wildman–Crippen MR) is 231 cm³/mol. The highest BCUT2D eigenvalue weighted by Gasteiger charge is 2.24. The van der Waals surface area contributed by atoms with Crippen LogP contribution in [-0.4, -0.2) is 91.0 Å². The third kappa shape index (κ3) is 37.4. The van der Waals surface area contributed by atoms with Gasteiger partial charge < -0.3 is 39.1 Å². The first kappa shape index (κ1) is 53.9. The molecular formula is C45H81N2O8P. The van der Waals surface area contributed by atoms with Gasteiger partial charge in [-0.3, -0.25) is 9.36 Å². The Kier molecular flexibility index (Phi) is 34.6. The van der Waals surface area contributed by atoms with Crippen LogP contribution >= 0.6 is 7.82 Å². The minimum absolute atomic E-state index is 0.0296. The monoisotopic (exact) mass is 809 g/mol. The van der Waals surface area contributed by atoms with E-state index in [0.717, 1.165) is 32.1 Å². The molecule has 11 heteroatoms. The van der Waals surface area contributed by atoms with E-state index < -0.39 is 38.8 Å². The highest BCUT2D eigenvalue weighted by atomic mass is 31.2. The summed E-state index contributed by atoms with van der Waals surface area (Å²) in [4.78, 5) is 25.3. The molecule has 0 radical (unpaired) electrons. The molecule has 0 rings (SSSR count). The molecule has 0 aromatic heterocycles. The Labute approximate surface area is 341 Å². The molecule has 0 bridgehead atoms. The van der Waals surface area contributed by atoms with Gasteiger partial charge >= 0.3 is 0 Å². The van der Waals surface area contributed by atoms with Gasteiger partial charge in [0, 0.05) is 6.42 Å². The van der Waals surface area contributed by atoms with Gasteiger partial charge in [-0.1, -0.05) is 170 Å². The topological polar surface area (TPSA) is 148 Å². The number of quaternary nitrogens is 1. The Morgan fingerprint density at radius 3 is 1.91 bits per heavy atom. The Bertz CT molecular complexity index is 1180. The van der Waals surface area contributed by atoms with Gasteiger partial charge in [0.1, 0.15) is 13.2 Å². The molecule has 56 heavy (non-hydrogen) atoms. The second-order valence-corrected chi connectivity index (χ2v) is 17.1. The van der Waals surface area contributed by atoms with Gasteiger partial charge in [-0.25, -0.2) is 0 Å². The zero-order valence-corrected chi connectivity index (χ0v) is 36.7. The van der Waals surface area contributed by atoms with Crippen LogP contribution in [0.15, 0.2) is 72.9 Å². The SMILES string of the molecule is CC/C=C\C[C@H](O)/C=C/C=C\C/C=C\C=C\[C@H](O)/C=C\CCCC(=O)N[C@@H](COP(=O)([O-])OCC[N+](C)(C)C)[C@H](O)CCCCCCCCCCCCCCC. The number of phosphoric ester groups is 1. The molecule has 0 aliphatic carbocycles. The van der Waals surface area contributed by atoms with Gasteiger partial charge in [-0.2, -0.15) is 0 Å². The molecule has 0 fully saturated rings. The van der Waals surface area contributed by atoms with E-state index in [1.807, 2.05) is 69.8 Å². The number of phosphoric acid groups is 1. The number of allylic oxidation sites excluding steroid dienone is 8. The lowest BCUT2D eigenvalue weighted by Crippen LogP contribution is -2.46. The average molecular weight is 809 g/mol. The van der Waals surface area contributed by atoms with E-state index in [1.54, 1.807) is 24.3 Å². The molecule has 1 amide bonds. The van der Waals surface area contributed by atoms with Crippen LogP contribution in [0.25, 0.3) is 0 Å². The van der Waals surface area contributed by atoms with Gasteiger partial charge in [0.2, 0.25) is 5.91 Å². The Morgan fingerprint density at radius 2 is 1.32 bits per heavy atom. The van der Waals surface area contributed by atoms with E-state index in [-0.39, 0.29) is 18.9 Å². The van der Waals surface area contributed by atoms with Crippen LogP contribution in [0.3, 0.4) is 0 Å². The number of nitrogens with one attached hydrogen (secondary N) is 1. The van der Waals surface area contributed by atoms with Crippen molar-refractivity contribution in [2.45, 2.75) is 167 Å². The van der Waals surface area contributed by atoms with Gasteiger partial charge in [0.15, 0.2) is 0 Å². The van der Waals surface area contributed by atoms with Crippen LogP contribution < -0.4 is 10.2 Å². The van der Waals surface area contributed by atoms with Crippen molar-refractivity contribution in [2.75, 3.05) is 40.9 Å². The van der Waals surface area contributed by atoms with Gasteiger partial charge in [-0.15, -0.1) is 0 Å². The minimum atomic E-state index is -4.62. The molecular weight excluding hydrogens is 727 g/mol. The Balaban J connectivity index is 4.68. The van der Waals surface area contributed by atoms with Gasteiger partial charge in [0.25, 0.3) is 7.82 Å². The van der Waals surface area contributed by atoms with Crippen LogP contribution in [0.4, 0.5) is 0 Å². The van der Waals surface area contributed by atoms with Crippen molar-refractivity contribution >= 4 is 13.7 Å². The summed E-state index contributed by atoms with van der Waals surface area (Å²) in [5, 5.41) is 33.8. The normalized spacial score (nSPS) is 16.2. The van der Waals surface area contributed by atoms with E-state index in [0.29, 0.717) is 36.7 Å². The first-order valence-electron chi connectivity index (χ1n) is 21.5.